The predicted molar refractivity (Wildman–Crippen MR) is 126 cm³/mol. The third-order valence-electron chi connectivity index (χ3n) is 5.83. The highest BCUT2D eigenvalue weighted by atomic mass is 32.2. The largest absolute Gasteiger partial charge is 0.298 e. The van der Waals surface area contributed by atoms with E-state index >= 15 is 0 Å². The van der Waals surface area contributed by atoms with Gasteiger partial charge in [-0.25, -0.2) is 12.8 Å². The zero-order valence-corrected chi connectivity index (χ0v) is 19.1. The summed E-state index contributed by atoms with van der Waals surface area (Å²) in [7, 11) is -3.82. The second kappa shape index (κ2) is 9.82. The Hall–Kier alpha value is -3.07. The van der Waals surface area contributed by atoms with E-state index < -0.39 is 27.0 Å². The SMILES string of the molecule is Cc1cc(-c2ccccc2)cc(C(=O)NNS(=O)(=O)C2CCN(Cc3ccccc3)C2)c1F. The number of halogens is 1. The summed E-state index contributed by atoms with van der Waals surface area (Å²) >= 11 is 0. The van der Waals surface area contributed by atoms with Crippen LogP contribution >= 0.6 is 0 Å². The zero-order valence-electron chi connectivity index (χ0n) is 18.3. The van der Waals surface area contributed by atoms with Gasteiger partial charge >= 0.3 is 0 Å². The maximum absolute atomic E-state index is 14.7. The van der Waals surface area contributed by atoms with Crippen LogP contribution in [0.15, 0.2) is 72.8 Å². The van der Waals surface area contributed by atoms with E-state index in [1.54, 1.807) is 13.0 Å². The zero-order chi connectivity index (χ0) is 23.4. The number of rotatable bonds is 7. The summed E-state index contributed by atoms with van der Waals surface area (Å²) in [4.78, 5) is 16.9. The van der Waals surface area contributed by atoms with Crippen molar-refractivity contribution in [2.24, 2.45) is 0 Å². The molecule has 1 fully saturated rings. The van der Waals surface area contributed by atoms with E-state index in [9.17, 15) is 17.6 Å². The number of carbonyl (C=O) groups excluding carboxylic acids is 1. The molecule has 1 aliphatic heterocycles. The van der Waals surface area contributed by atoms with Crippen molar-refractivity contribution in [2.45, 2.75) is 25.1 Å². The van der Waals surface area contributed by atoms with Crippen LogP contribution in [0.3, 0.4) is 0 Å². The first-order chi connectivity index (χ1) is 15.8. The van der Waals surface area contributed by atoms with Crippen molar-refractivity contribution in [1.29, 1.82) is 0 Å². The predicted octanol–water partition coefficient (Wildman–Crippen LogP) is 3.64. The number of nitrogens with zero attached hydrogens (tertiary/aromatic N) is 1. The van der Waals surface area contributed by atoms with Crippen LogP contribution in [0.5, 0.6) is 0 Å². The molecule has 3 aromatic carbocycles. The van der Waals surface area contributed by atoms with Gasteiger partial charge in [-0.15, -0.1) is 4.83 Å². The van der Waals surface area contributed by atoms with Gasteiger partial charge in [0.05, 0.1) is 10.8 Å². The molecule has 172 valence electrons. The number of aryl methyl sites for hydroxylation is 1. The number of carbonyl (C=O) groups is 1. The van der Waals surface area contributed by atoms with Crippen molar-refractivity contribution in [3.63, 3.8) is 0 Å². The minimum atomic E-state index is -3.82. The molecule has 1 amide bonds. The number of benzene rings is 3. The van der Waals surface area contributed by atoms with Crippen LogP contribution in [0, 0.1) is 12.7 Å². The Kier molecular flexibility index (Phi) is 6.88. The standard InChI is InChI=1S/C25H26FN3O3S/c1-18-14-21(20-10-6-3-7-11-20)15-23(24(18)26)25(30)27-28-33(31,32)22-12-13-29(17-22)16-19-8-4-2-5-9-19/h2-11,14-15,22,28H,12-13,16-17H2,1H3,(H,27,30). The summed E-state index contributed by atoms with van der Waals surface area (Å²) in [6, 6.07) is 22.2. The molecule has 33 heavy (non-hydrogen) atoms. The molecule has 0 radical (unpaired) electrons. The number of hydrogen-bond acceptors (Lipinski definition) is 4. The van der Waals surface area contributed by atoms with Gasteiger partial charge in [0, 0.05) is 13.1 Å². The van der Waals surface area contributed by atoms with Gasteiger partial charge < -0.3 is 0 Å². The summed E-state index contributed by atoms with van der Waals surface area (Å²) < 4.78 is 40.2. The van der Waals surface area contributed by atoms with Crippen LogP contribution in [-0.2, 0) is 16.6 Å². The minimum Gasteiger partial charge on any atom is -0.298 e. The molecule has 1 saturated heterocycles. The fourth-order valence-electron chi connectivity index (χ4n) is 4.04. The summed E-state index contributed by atoms with van der Waals surface area (Å²) in [6.07, 6.45) is 0.453. The second-order valence-electron chi connectivity index (χ2n) is 8.25. The Bertz CT molecular complexity index is 1230. The molecule has 1 unspecified atom stereocenters. The Labute approximate surface area is 193 Å². The van der Waals surface area contributed by atoms with Gasteiger partial charge in [-0.1, -0.05) is 60.7 Å². The lowest BCUT2D eigenvalue weighted by atomic mass is 9.99. The molecule has 2 N–H and O–H groups in total. The summed E-state index contributed by atoms with van der Waals surface area (Å²) in [6.45, 7) is 3.23. The maximum Gasteiger partial charge on any atom is 0.269 e. The highest BCUT2D eigenvalue weighted by Crippen LogP contribution is 2.25. The van der Waals surface area contributed by atoms with E-state index in [1.165, 1.54) is 6.07 Å². The molecule has 0 bridgehead atoms. The molecule has 0 saturated carbocycles. The number of hydrazine groups is 1. The molecule has 0 aliphatic carbocycles. The minimum absolute atomic E-state index is 0.214. The van der Waals surface area contributed by atoms with Gasteiger partial charge in [-0.2, -0.15) is 0 Å². The summed E-state index contributed by atoms with van der Waals surface area (Å²) in [5.74, 6) is -1.52. The number of likely N-dealkylation sites (tertiary alicyclic amines) is 1. The Morgan fingerprint density at radius 3 is 2.39 bits per heavy atom. The lowest BCUT2D eigenvalue weighted by Crippen LogP contribution is -2.46. The fourth-order valence-corrected chi connectivity index (χ4v) is 5.26. The molecule has 0 spiro atoms. The molecule has 4 rings (SSSR count). The normalized spacial score (nSPS) is 16.6. The number of amides is 1. The smallest absolute Gasteiger partial charge is 0.269 e. The van der Waals surface area contributed by atoms with Crippen molar-refractivity contribution in [3.05, 3.63) is 95.3 Å². The van der Waals surface area contributed by atoms with Crippen LogP contribution in [0.4, 0.5) is 4.39 Å². The second-order valence-corrected chi connectivity index (χ2v) is 10.2. The molecular formula is C25H26FN3O3S. The third kappa shape index (κ3) is 5.47. The average Bonchev–Trinajstić information content (AvgIpc) is 3.30. The van der Waals surface area contributed by atoms with E-state index in [4.69, 9.17) is 0 Å². The molecule has 1 atom stereocenters. The number of hydrogen-bond donors (Lipinski definition) is 2. The Morgan fingerprint density at radius 2 is 1.70 bits per heavy atom. The van der Waals surface area contributed by atoms with Gasteiger partial charge in [-0.05, 0) is 54.3 Å². The van der Waals surface area contributed by atoms with Crippen LogP contribution in [0.1, 0.15) is 27.9 Å². The molecule has 0 aromatic heterocycles. The first kappa shape index (κ1) is 23.1. The summed E-state index contributed by atoms with van der Waals surface area (Å²) in [5, 5.41) is -0.663. The van der Waals surface area contributed by atoms with Crippen molar-refractivity contribution in [3.8, 4) is 11.1 Å². The van der Waals surface area contributed by atoms with Crippen LogP contribution in [0.25, 0.3) is 11.1 Å². The Morgan fingerprint density at radius 1 is 1.03 bits per heavy atom. The van der Waals surface area contributed by atoms with Gasteiger partial charge in [0.1, 0.15) is 5.82 Å². The molecule has 6 nitrogen and oxygen atoms in total. The van der Waals surface area contributed by atoms with Crippen LogP contribution < -0.4 is 10.3 Å². The molecule has 1 aliphatic rings. The maximum atomic E-state index is 14.7. The highest BCUT2D eigenvalue weighted by molar-refractivity contribution is 7.90. The molecule has 1 heterocycles. The monoisotopic (exact) mass is 467 g/mol. The van der Waals surface area contributed by atoms with Crippen LogP contribution in [0.2, 0.25) is 0 Å². The summed E-state index contributed by atoms with van der Waals surface area (Å²) in [5.41, 5.74) is 4.90. The fraction of sp³-hybridized carbons (Fsp3) is 0.240. The Balaban J connectivity index is 1.41. The van der Waals surface area contributed by atoms with E-state index in [0.717, 1.165) is 11.1 Å². The first-order valence-corrected chi connectivity index (χ1v) is 12.3. The van der Waals surface area contributed by atoms with Crippen molar-refractivity contribution in [2.75, 3.05) is 13.1 Å². The van der Waals surface area contributed by atoms with Gasteiger partial charge in [0.25, 0.3) is 5.91 Å². The van der Waals surface area contributed by atoms with Crippen molar-refractivity contribution in [1.82, 2.24) is 15.2 Å². The number of sulfonamides is 1. The van der Waals surface area contributed by atoms with Gasteiger partial charge in [0.15, 0.2) is 0 Å². The lowest BCUT2D eigenvalue weighted by molar-refractivity contribution is 0.0940. The van der Waals surface area contributed by atoms with E-state index in [1.807, 2.05) is 60.7 Å². The first-order valence-electron chi connectivity index (χ1n) is 10.8. The van der Waals surface area contributed by atoms with Crippen molar-refractivity contribution >= 4 is 15.9 Å². The van der Waals surface area contributed by atoms with Gasteiger partial charge in [-0.3, -0.25) is 15.1 Å². The molecule has 8 heteroatoms. The molecule has 3 aromatic rings. The quantitative estimate of drug-likeness (QED) is 0.520. The van der Waals surface area contributed by atoms with E-state index in [2.05, 4.69) is 15.2 Å². The average molecular weight is 468 g/mol. The highest BCUT2D eigenvalue weighted by Gasteiger charge is 2.33. The molecular weight excluding hydrogens is 441 g/mol. The lowest BCUT2D eigenvalue weighted by Gasteiger charge is -2.17. The number of nitrogens with one attached hydrogen (secondary N) is 2. The van der Waals surface area contributed by atoms with Crippen molar-refractivity contribution < 1.29 is 17.6 Å². The third-order valence-corrected chi connectivity index (χ3v) is 7.48. The van der Waals surface area contributed by atoms with Gasteiger partial charge in [0.2, 0.25) is 10.0 Å². The van der Waals surface area contributed by atoms with Crippen LogP contribution in [-0.4, -0.2) is 37.6 Å². The topological polar surface area (TPSA) is 78.5 Å². The van der Waals surface area contributed by atoms with E-state index in [0.29, 0.717) is 37.2 Å². The van der Waals surface area contributed by atoms with E-state index in [-0.39, 0.29) is 5.56 Å².